The predicted molar refractivity (Wildman–Crippen MR) is 105 cm³/mol. The number of rotatable bonds is 7. The van der Waals surface area contributed by atoms with Crippen molar-refractivity contribution in [1.82, 2.24) is 14.9 Å². The van der Waals surface area contributed by atoms with Crippen molar-refractivity contribution in [2.24, 2.45) is 7.05 Å². The third kappa shape index (κ3) is 3.86. The van der Waals surface area contributed by atoms with Gasteiger partial charge in [0.05, 0.1) is 11.2 Å². The Balaban J connectivity index is 1.50. The number of pyridine rings is 2. The van der Waals surface area contributed by atoms with Gasteiger partial charge < -0.3 is 20.3 Å². The van der Waals surface area contributed by atoms with Gasteiger partial charge in [-0.15, -0.1) is 0 Å². The molecule has 0 radical (unpaired) electrons. The van der Waals surface area contributed by atoms with Crippen molar-refractivity contribution in [3.8, 4) is 5.75 Å². The SMILES string of the molecule is Cc1cc(=O)c(O)c(CNCCCNc2ccnc3ccccc23)n1C. The number of nitrogens with one attached hydrogen (secondary N) is 2. The maximum atomic E-state index is 11.7. The zero-order valence-corrected chi connectivity index (χ0v) is 15.1. The van der Waals surface area contributed by atoms with E-state index in [-0.39, 0.29) is 11.2 Å². The summed E-state index contributed by atoms with van der Waals surface area (Å²) in [6.07, 6.45) is 2.72. The Kier molecular flexibility index (Phi) is 5.53. The first-order valence-electron chi connectivity index (χ1n) is 8.74. The topological polar surface area (TPSA) is 79.2 Å². The smallest absolute Gasteiger partial charge is 0.223 e. The minimum absolute atomic E-state index is 0.174. The molecular formula is C20H24N4O2. The summed E-state index contributed by atoms with van der Waals surface area (Å²) < 4.78 is 1.84. The quantitative estimate of drug-likeness (QED) is 0.570. The predicted octanol–water partition coefficient (Wildman–Crippen LogP) is 2.54. The van der Waals surface area contributed by atoms with Crippen LogP contribution in [0.1, 0.15) is 17.8 Å². The van der Waals surface area contributed by atoms with Gasteiger partial charge in [0.15, 0.2) is 5.75 Å². The molecule has 0 amide bonds. The Labute approximate surface area is 152 Å². The zero-order valence-electron chi connectivity index (χ0n) is 15.1. The number of aromatic nitrogens is 2. The van der Waals surface area contributed by atoms with E-state index in [1.165, 1.54) is 6.07 Å². The third-order valence-corrected chi connectivity index (χ3v) is 4.57. The number of para-hydroxylation sites is 1. The molecule has 0 spiro atoms. The molecular weight excluding hydrogens is 328 g/mol. The average Bonchev–Trinajstić information content (AvgIpc) is 2.65. The van der Waals surface area contributed by atoms with Gasteiger partial charge in [0.2, 0.25) is 5.43 Å². The van der Waals surface area contributed by atoms with Crippen LogP contribution in [0.4, 0.5) is 5.69 Å². The molecule has 3 N–H and O–H groups in total. The largest absolute Gasteiger partial charge is 0.503 e. The van der Waals surface area contributed by atoms with Gasteiger partial charge in [0, 0.05) is 49.2 Å². The molecule has 0 aliphatic carbocycles. The van der Waals surface area contributed by atoms with E-state index in [1.807, 2.05) is 49.0 Å². The highest BCUT2D eigenvalue weighted by molar-refractivity contribution is 5.90. The molecule has 6 heteroatoms. The van der Waals surface area contributed by atoms with Crippen LogP contribution in [-0.4, -0.2) is 27.7 Å². The van der Waals surface area contributed by atoms with Crippen LogP contribution >= 0.6 is 0 Å². The summed E-state index contributed by atoms with van der Waals surface area (Å²) in [6.45, 7) is 3.90. The van der Waals surface area contributed by atoms with Gasteiger partial charge in [0.25, 0.3) is 0 Å². The van der Waals surface area contributed by atoms with Crippen LogP contribution in [0.25, 0.3) is 10.9 Å². The molecule has 0 unspecified atom stereocenters. The molecule has 0 aliphatic heterocycles. The van der Waals surface area contributed by atoms with E-state index < -0.39 is 0 Å². The summed E-state index contributed by atoms with van der Waals surface area (Å²) in [6, 6.07) is 11.5. The minimum atomic E-state index is -0.330. The fourth-order valence-electron chi connectivity index (χ4n) is 2.96. The summed E-state index contributed by atoms with van der Waals surface area (Å²) in [4.78, 5) is 16.1. The number of hydrogen-bond donors (Lipinski definition) is 3. The molecule has 136 valence electrons. The molecule has 26 heavy (non-hydrogen) atoms. The number of nitrogens with zero attached hydrogens (tertiary/aromatic N) is 2. The second-order valence-corrected chi connectivity index (χ2v) is 6.34. The number of anilines is 1. The van der Waals surface area contributed by atoms with E-state index in [9.17, 15) is 9.90 Å². The van der Waals surface area contributed by atoms with Gasteiger partial charge in [-0.1, -0.05) is 18.2 Å². The van der Waals surface area contributed by atoms with Crippen LogP contribution in [0.5, 0.6) is 5.75 Å². The Bertz CT molecular complexity index is 960. The minimum Gasteiger partial charge on any atom is -0.503 e. The Morgan fingerprint density at radius 3 is 2.85 bits per heavy atom. The molecule has 1 aromatic carbocycles. The highest BCUT2D eigenvalue weighted by Crippen LogP contribution is 2.20. The molecule has 0 aliphatic rings. The van der Waals surface area contributed by atoms with Crippen molar-refractivity contribution in [2.45, 2.75) is 19.9 Å². The molecule has 3 aromatic rings. The van der Waals surface area contributed by atoms with Crippen molar-refractivity contribution in [2.75, 3.05) is 18.4 Å². The highest BCUT2D eigenvalue weighted by Gasteiger charge is 2.10. The van der Waals surface area contributed by atoms with Crippen LogP contribution in [0.15, 0.2) is 47.4 Å². The lowest BCUT2D eigenvalue weighted by molar-refractivity contribution is 0.445. The maximum absolute atomic E-state index is 11.7. The summed E-state index contributed by atoms with van der Waals surface area (Å²) >= 11 is 0. The van der Waals surface area contributed by atoms with Crippen LogP contribution in [0, 0.1) is 6.92 Å². The molecule has 0 saturated carbocycles. The van der Waals surface area contributed by atoms with Crippen LogP contribution in [0.3, 0.4) is 0 Å². The van der Waals surface area contributed by atoms with Gasteiger partial charge in [0.1, 0.15) is 0 Å². The van der Waals surface area contributed by atoms with E-state index in [4.69, 9.17) is 0 Å². The number of benzene rings is 1. The second-order valence-electron chi connectivity index (χ2n) is 6.34. The lowest BCUT2D eigenvalue weighted by atomic mass is 10.2. The lowest BCUT2D eigenvalue weighted by Crippen LogP contribution is -2.22. The fraction of sp³-hybridized carbons (Fsp3) is 0.300. The first-order valence-corrected chi connectivity index (χ1v) is 8.74. The molecule has 2 heterocycles. The van der Waals surface area contributed by atoms with Crippen LogP contribution in [0.2, 0.25) is 0 Å². The Morgan fingerprint density at radius 2 is 2.00 bits per heavy atom. The zero-order chi connectivity index (χ0) is 18.5. The van der Waals surface area contributed by atoms with Gasteiger partial charge in [-0.05, 0) is 32.0 Å². The van der Waals surface area contributed by atoms with Crippen LogP contribution in [-0.2, 0) is 13.6 Å². The summed E-state index contributed by atoms with van der Waals surface area (Å²) in [5, 5.41) is 17.8. The van der Waals surface area contributed by atoms with Gasteiger partial charge in [-0.25, -0.2) is 0 Å². The summed E-state index contributed by atoms with van der Waals surface area (Å²) in [5.74, 6) is -0.174. The van der Waals surface area contributed by atoms with Crippen molar-refractivity contribution in [3.05, 3.63) is 64.2 Å². The molecule has 6 nitrogen and oxygen atoms in total. The Morgan fingerprint density at radius 1 is 1.19 bits per heavy atom. The average molecular weight is 352 g/mol. The summed E-state index contributed by atoms with van der Waals surface area (Å²) in [5.41, 5.74) is 3.17. The summed E-state index contributed by atoms with van der Waals surface area (Å²) in [7, 11) is 1.85. The number of aryl methyl sites for hydroxylation is 1. The monoisotopic (exact) mass is 352 g/mol. The lowest BCUT2D eigenvalue weighted by Gasteiger charge is -2.14. The van der Waals surface area contributed by atoms with E-state index in [1.54, 1.807) is 0 Å². The van der Waals surface area contributed by atoms with Crippen molar-refractivity contribution >= 4 is 16.6 Å². The fourth-order valence-corrected chi connectivity index (χ4v) is 2.96. The highest BCUT2D eigenvalue weighted by atomic mass is 16.3. The standard InChI is InChI=1S/C20H24N4O2/c1-14-12-19(25)20(26)18(24(14)2)13-21-9-5-10-22-17-8-11-23-16-7-4-3-6-15(16)17/h3-4,6-8,11-12,21,26H,5,9-10,13H2,1-2H3,(H,22,23). The Hall–Kier alpha value is -2.86. The second kappa shape index (κ2) is 8.01. The van der Waals surface area contributed by atoms with Gasteiger partial charge in [-0.3, -0.25) is 9.78 Å². The molecule has 0 saturated heterocycles. The van der Waals surface area contributed by atoms with E-state index >= 15 is 0 Å². The van der Waals surface area contributed by atoms with Gasteiger partial charge in [-0.2, -0.15) is 0 Å². The third-order valence-electron chi connectivity index (χ3n) is 4.57. The van der Waals surface area contributed by atoms with E-state index in [0.29, 0.717) is 12.2 Å². The maximum Gasteiger partial charge on any atom is 0.223 e. The van der Waals surface area contributed by atoms with E-state index in [0.717, 1.165) is 41.8 Å². The normalized spacial score (nSPS) is 11.0. The first kappa shape index (κ1) is 17.9. The number of aromatic hydroxyl groups is 1. The van der Waals surface area contributed by atoms with Gasteiger partial charge >= 0.3 is 0 Å². The number of hydrogen-bond acceptors (Lipinski definition) is 5. The molecule has 0 fully saturated rings. The molecule has 2 aromatic heterocycles. The van der Waals surface area contributed by atoms with Crippen molar-refractivity contribution in [1.29, 1.82) is 0 Å². The van der Waals surface area contributed by atoms with E-state index in [2.05, 4.69) is 21.7 Å². The molecule has 0 bridgehead atoms. The van der Waals surface area contributed by atoms with Crippen LogP contribution < -0.4 is 16.1 Å². The number of fused-ring (bicyclic) bond motifs is 1. The molecule has 0 atom stereocenters. The van der Waals surface area contributed by atoms with Crippen molar-refractivity contribution in [3.63, 3.8) is 0 Å². The first-order chi connectivity index (χ1) is 12.6. The molecule has 3 rings (SSSR count). The van der Waals surface area contributed by atoms with Crippen molar-refractivity contribution < 1.29 is 5.11 Å².